The number of aliphatic hydroxyl groups excluding tert-OH is 3. The van der Waals surface area contributed by atoms with Crippen LogP contribution in [0.3, 0.4) is 0 Å². The Morgan fingerprint density at radius 3 is 2.33 bits per heavy atom. The molecule has 1 unspecified atom stereocenters. The van der Waals surface area contributed by atoms with E-state index in [4.69, 9.17) is 5.11 Å². The van der Waals surface area contributed by atoms with E-state index in [9.17, 15) is 10.2 Å². The van der Waals surface area contributed by atoms with Gasteiger partial charge in [-0.25, -0.2) is 0 Å². The zero-order valence-corrected chi connectivity index (χ0v) is 7.70. The van der Waals surface area contributed by atoms with E-state index in [2.05, 4.69) is 0 Å². The first-order chi connectivity index (χ1) is 5.52. The van der Waals surface area contributed by atoms with Crippen LogP contribution in [-0.2, 0) is 0 Å². The van der Waals surface area contributed by atoms with Crippen LogP contribution in [0.4, 0.5) is 0 Å². The van der Waals surface area contributed by atoms with Crippen LogP contribution >= 0.6 is 0 Å². The highest BCUT2D eigenvalue weighted by Gasteiger charge is 2.49. The van der Waals surface area contributed by atoms with Crippen LogP contribution in [0.5, 0.6) is 0 Å². The Morgan fingerprint density at radius 2 is 2.08 bits per heavy atom. The van der Waals surface area contributed by atoms with Crippen molar-refractivity contribution in [2.24, 2.45) is 11.3 Å². The minimum atomic E-state index is -0.689. The average Bonchev–Trinajstić information content (AvgIpc) is 1.98. The second-order valence-corrected chi connectivity index (χ2v) is 4.09. The van der Waals surface area contributed by atoms with Crippen molar-refractivity contribution in [1.82, 2.24) is 0 Å². The van der Waals surface area contributed by atoms with Crippen LogP contribution in [-0.4, -0.2) is 34.1 Å². The van der Waals surface area contributed by atoms with Gasteiger partial charge >= 0.3 is 0 Å². The summed E-state index contributed by atoms with van der Waals surface area (Å²) in [5.41, 5.74) is -0.275. The highest BCUT2D eigenvalue weighted by molar-refractivity contribution is 4.98. The van der Waals surface area contributed by atoms with Crippen molar-refractivity contribution >= 4 is 0 Å². The SMILES string of the molecule is CC(O)[C@@H]1CC[C@]1(C)[C@H](O)CO. The molecule has 0 aliphatic heterocycles. The second-order valence-electron chi connectivity index (χ2n) is 4.09. The molecule has 1 aliphatic rings. The Kier molecular flexibility index (Phi) is 2.76. The van der Waals surface area contributed by atoms with Gasteiger partial charge in [0.2, 0.25) is 0 Å². The second kappa shape index (κ2) is 3.32. The summed E-state index contributed by atoms with van der Waals surface area (Å²) < 4.78 is 0. The molecule has 0 radical (unpaired) electrons. The number of aliphatic hydroxyl groups is 3. The van der Waals surface area contributed by atoms with E-state index in [1.54, 1.807) is 6.92 Å². The molecular formula is C9H18O3. The quantitative estimate of drug-likeness (QED) is 0.570. The van der Waals surface area contributed by atoms with Gasteiger partial charge in [0.1, 0.15) is 0 Å². The highest BCUT2D eigenvalue weighted by Crippen LogP contribution is 2.50. The third-order valence-corrected chi connectivity index (χ3v) is 3.36. The molecule has 3 nitrogen and oxygen atoms in total. The fraction of sp³-hybridized carbons (Fsp3) is 1.00. The summed E-state index contributed by atoms with van der Waals surface area (Å²) in [7, 11) is 0. The van der Waals surface area contributed by atoms with E-state index in [0.717, 1.165) is 12.8 Å². The fourth-order valence-corrected chi connectivity index (χ4v) is 2.18. The third kappa shape index (κ3) is 1.37. The Balaban J connectivity index is 2.60. The van der Waals surface area contributed by atoms with Gasteiger partial charge in [-0.1, -0.05) is 6.92 Å². The summed E-state index contributed by atoms with van der Waals surface area (Å²) in [6.07, 6.45) is 0.769. The zero-order valence-electron chi connectivity index (χ0n) is 7.70. The molecule has 0 spiro atoms. The van der Waals surface area contributed by atoms with Crippen LogP contribution in [0.25, 0.3) is 0 Å². The predicted molar refractivity (Wildman–Crippen MR) is 45.6 cm³/mol. The van der Waals surface area contributed by atoms with Gasteiger partial charge in [0.25, 0.3) is 0 Å². The Labute approximate surface area is 73.0 Å². The third-order valence-electron chi connectivity index (χ3n) is 3.36. The Morgan fingerprint density at radius 1 is 1.50 bits per heavy atom. The lowest BCUT2D eigenvalue weighted by atomic mass is 9.56. The minimum Gasteiger partial charge on any atom is -0.394 e. The van der Waals surface area contributed by atoms with Crippen LogP contribution in [0.1, 0.15) is 26.7 Å². The van der Waals surface area contributed by atoms with Gasteiger partial charge in [0, 0.05) is 5.41 Å². The number of hydrogen-bond donors (Lipinski definition) is 3. The smallest absolute Gasteiger partial charge is 0.0827 e. The van der Waals surface area contributed by atoms with Crippen LogP contribution < -0.4 is 0 Å². The summed E-state index contributed by atoms with van der Waals surface area (Å²) in [5, 5.41) is 27.7. The average molecular weight is 174 g/mol. The summed E-state index contributed by atoms with van der Waals surface area (Å²) >= 11 is 0. The van der Waals surface area contributed by atoms with Crippen molar-refractivity contribution in [3.63, 3.8) is 0 Å². The molecule has 1 aliphatic carbocycles. The Hall–Kier alpha value is -0.120. The van der Waals surface area contributed by atoms with Gasteiger partial charge in [-0.2, -0.15) is 0 Å². The first kappa shape index (κ1) is 9.96. The molecule has 0 heterocycles. The normalized spacial score (nSPS) is 40.2. The lowest BCUT2D eigenvalue weighted by Gasteiger charge is -2.51. The van der Waals surface area contributed by atoms with Crippen molar-refractivity contribution in [1.29, 1.82) is 0 Å². The van der Waals surface area contributed by atoms with E-state index < -0.39 is 6.10 Å². The molecule has 0 aromatic heterocycles. The molecule has 1 fully saturated rings. The minimum absolute atomic E-state index is 0.139. The van der Waals surface area contributed by atoms with Crippen molar-refractivity contribution in [2.75, 3.05) is 6.61 Å². The maximum atomic E-state index is 9.50. The van der Waals surface area contributed by atoms with Gasteiger partial charge in [-0.3, -0.25) is 0 Å². The van der Waals surface area contributed by atoms with E-state index in [0.29, 0.717) is 0 Å². The van der Waals surface area contributed by atoms with E-state index >= 15 is 0 Å². The van der Waals surface area contributed by atoms with Gasteiger partial charge in [-0.05, 0) is 25.7 Å². The van der Waals surface area contributed by atoms with Crippen LogP contribution in [0.15, 0.2) is 0 Å². The molecule has 0 aromatic carbocycles. The van der Waals surface area contributed by atoms with Crippen LogP contribution in [0, 0.1) is 11.3 Å². The highest BCUT2D eigenvalue weighted by atomic mass is 16.3. The molecule has 0 saturated heterocycles. The first-order valence-electron chi connectivity index (χ1n) is 4.49. The standard InChI is InChI=1S/C9H18O3/c1-6(11)7-3-4-9(7,2)8(12)5-10/h6-8,10-12H,3-5H2,1-2H3/t6?,7-,8+,9-/m0/s1. The molecule has 4 atom stereocenters. The summed E-state index contributed by atoms with van der Waals surface area (Å²) in [6, 6.07) is 0. The van der Waals surface area contributed by atoms with Gasteiger partial charge < -0.3 is 15.3 Å². The Bertz CT molecular complexity index is 158. The molecule has 1 rings (SSSR count). The molecule has 1 saturated carbocycles. The lowest BCUT2D eigenvalue weighted by molar-refractivity contribution is -0.131. The number of rotatable bonds is 3. The van der Waals surface area contributed by atoms with Gasteiger partial charge in [-0.15, -0.1) is 0 Å². The number of hydrogen-bond acceptors (Lipinski definition) is 3. The topological polar surface area (TPSA) is 60.7 Å². The molecule has 0 bridgehead atoms. The van der Waals surface area contributed by atoms with E-state index in [1.165, 1.54) is 0 Å². The van der Waals surface area contributed by atoms with Gasteiger partial charge in [0.15, 0.2) is 0 Å². The van der Waals surface area contributed by atoms with E-state index in [-0.39, 0.29) is 24.0 Å². The summed E-state index contributed by atoms with van der Waals surface area (Å²) in [4.78, 5) is 0. The van der Waals surface area contributed by atoms with E-state index in [1.807, 2.05) is 6.92 Å². The predicted octanol–water partition coefficient (Wildman–Crippen LogP) is 0.137. The molecule has 12 heavy (non-hydrogen) atoms. The van der Waals surface area contributed by atoms with Crippen LogP contribution in [0.2, 0.25) is 0 Å². The monoisotopic (exact) mass is 174 g/mol. The van der Waals surface area contributed by atoms with Crippen molar-refractivity contribution in [3.8, 4) is 0 Å². The molecule has 72 valence electrons. The maximum absolute atomic E-state index is 9.50. The molecule has 3 N–H and O–H groups in total. The van der Waals surface area contributed by atoms with Crippen molar-refractivity contribution in [3.05, 3.63) is 0 Å². The maximum Gasteiger partial charge on any atom is 0.0827 e. The summed E-state index contributed by atoms with van der Waals surface area (Å²) in [5.74, 6) is 0.139. The largest absolute Gasteiger partial charge is 0.394 e. The summed E-state index contributed by atoms with van der Waals surface area (Å²) in [6.45, 7) is 3.46. The van der Waals surface area contributed by atoms with Crippen molar-refractivity contribution < 1.29 is 15.3 Å². The lowest BCUT2D eigenvalue weighted by Crippen LogP contribution is -2.52. The molecular weight excluding hydrogens is 156 g/mol. The van der Waals surface area contributed by atoms with Crippen molar-refractivity contribution in [2.45, 2.75) is 38.9 Å². The van der Waals surface area contributed by atoms with Gasteiger partial charge in [0.05, 0.1) is 18.8 Å². The fourth-order valence-electron chi connectivity index (χ4n) is 2.18. The zero-order chi connectivity index (χ0) is 9.35. The molecule has 3 heteroatoms. The molecule has 0 amide bonds. The first-order valence-corrected chi connectivity index (χ1v) is 4.49. The molecule has 0 aromatic rings.